The van der Waals surface area contributed by atoms with Gasteiger partial charge in [0.2, 0.25) is 0 Å². The van der Waals surface area contributed by atoms with Crippen molar-refractivity contribution in [2.45, 2.75) is 13.0 Å². The molecule has 8 nitrogen and oxygen atoms in total. The summed E-state index contributed by atoms with van der Waals surface area (Å²) in [6.07, 6.45) is 2.79. The maximum absolute atomic E-state index is 5.71. The highest BCUT2D eigenvalue weighted by Gasteiger charge is 2.05. The number of fused-ring (bicyclic) bond motifs is 1. The molecule has 0 aliphatic rings. The van der Waals surface area contributed by atoms with Crippen molar-refractivity contribution >= 4 is 11.6 Å². The third kappa shape index (κ3) is 5.10. The van der Waals surface area contributed by atoms with E-state index in [0.29, 0.717) is 19.1 Å². The number of methoxy groups -OCH3 is 1. The van der Waals surface area contributed by atoms with Crippen molar-refractivity contribution in [3.8, 4) is 11.5 Å². The molecule has 0 unspecified atom stereocenters. The topological polar surface area (TPSA) is 85.1 Å². The zero-order valence-electron chi connectivity index (χ0n) is 15.6. The maximum atomic E-state index is 5.71. The average molecular weight is 368 g/mol. The number of ether oxygens (including phenoxy) is 2. The fourth-order valence-electron chi connectivity index (χ4n) is 2.54. The molecule has 0 amide bonds. The lowest BCUT2D eigenvalue weighted by Gasteiger charge is -2.12. The molecular formula is C19H24N6O2. The number of nitrogens with one attached hydrogen (secondary N) is 2. The second-order valence-corrected chi connectivity index (χ2v) is 5.78. The molecule has 0 radical (unpaired) electrons. The summed E-state index contributed by atoms with van der Waals surface area (Å²) < 4.78 is 12.8. The number of guanidine groups is 1. The molecule has 142 valence electrons. The molecule has 1 aromatic carbocycles. The summed E-state index contributed by atoms with van der Waals surface area (Å²) in [5, 5.41) is 14.8. The Morgan fingerprint density at radius 2 is 1.89 bits per heavy atom. The van der Waals surface area contributed by atoms with Crippen LogP contribution in [-0.4, -0.2) is 47.9 Å². The molecule has 0 bridgehead atoms. The number of aliphatic imine (C=N–C) groups is 1. The van der Waals surface area contributed by atoms with Crippen molar-refractivity contribution in [1.29, 1.82) is 0 Å². The minimum atomic E-state index is 0.535. The number of rotatable bonds is 8. The monoisotopic (exact) mass is 368 g/mol. The van der Waals surface area contributed by atoms with Crippen LogP contribution in [0.2, 0.25) is 0 Å². The van der Waals surface area contributed by atoms with Crippen LogP contribution in [0.5, 0.6) is 11.5 Å². The van der Waals surface area contributed by atoms with E-state index in [0.717, 1.165) is 35.9 Å². The summed E-state index contributed by atoms with van der Waals surface area (Å²) in [6, 6.07) is 13.4. The van der Waals surface area contributed by atoms with Crippen LogP contribution in [0.4, 0.5) is 0 Å². The average Bonchev–Trinajstić information content (AvgIpc) is 3.13. The van der Waals surface area contributed by atoms with Crippen LogP contribution < -0.4 is 20.1 Å². The number of aromatic nitrogens is 3. The summed E-state index contributed by atoms with van der Waals surface area (Å²) >= 11 is 0. The second kappa shape index (κ2) is 9.42. The van der Waals surface area contributed by atoms with E-state index in [2.05, 4.69) is 25.8 Å². The molecule has 0 saturated carbocycles. The van der Waals surface area contributed by atoms with Gasteiger partial charge in [-0.25, -0.2) is 0 Å². The highest BCUT2D eigenvalue weighted by atomic mass is 16.5. The first-order valence-corrected chi connectivity index (χ1v) is 8.80. The summed E-state index contributed by atoms with van der Waals surface area (Å²) in [7, 11) is 3.39. The largest absolute Gasteiger partial charge is 0.497 e. The van der Waals surface area contributed by atoms with Gasteiger partial charge in [-0.1, -0.05) is 6.07 Å². The maximum Gasteiger partial charge on any atom is 0.191 e. The SMILES string of the molecule is CN=C(NCCCOc1ccc(OC)cc1)NCc1nnc2ccccn12. The van der Waals surface area contributed by atoms with Crippen LogP contribution in [0.15, 0.2) is 53.7 Å². The Bertz CT molecular complexity index is 875. The van der Waals surface area contributed by atoms with E-state index in [4.69, 9.17) is 9.47 Å². The highest BCUT2D eigenvalue weighted by Crippen LogP contribution is 2.16. The van der Waals surface area contributed by atoms with Gasteiger partial charge in [-0.2, -0.15) is 0 Å². The predicted molar refractivity (Wildman–Crippen MR) is 104 cm³/mol. The molecule has 0 saturated heterocycles. The van der Waals surface area contributed by atoms with Gasteiger partial charge in [0.05, 0.1) is 20.3 Å². The number of nitrogens with zero attached hydrogens (tertiary/aromatic N) is 4. The van der Waals surface area contributed by atoms with Crippen LogP contribution in [-0.2, 0) is 6.54 Å². The van der Waals surface area contributed by atoms with Crippen LogP contribution in [0, 0.1) is 0 Å². The molecule has 0 aliphatic carbocycles. The van der Waals surface area contributed by atoms with Crippen molar-refractivity contribution in [1.82, 2.24) is 25.2 Å². The van der Waals surface area contributed by atoms with Gasteiger partial charge in [-0.3, -0.25) is 9.39 Å². The van der Waals surface area contributed by atoms with Gasteiger partial charge >= 0.3 is 0 Å². The Hall–Kier alpha value is -3.29. The van der Waals surface area contributed by atoms with E-state index in [1.165, 1.54) is 0 Å². The van der Waals surface area contributed by atoms with Crippen molar-refractivity contribution < 1.29 is 9.47 Å². The van der Waals surface area contributed by atoms with E-state index >= 15 is 0 Å². The van der Waals surface area contributed by atoms with E-state index in [9.17, 15) is 0 Å². The molecule has 2 aromatic heterocycles. The second-order valence-electron chi connectivity index (χ2n) is 5.78. The van der Waals surface area contributed by atoms with E-state index in [1.54, 1.807) is 14.2 Å². The quantitative estimate of drug-likeness (QED) is 0.359. The predicted octanol–water partition coefficient (Wildman–Crippen LogP) is 1.87. The van der Waals surface area contributed by atoms with E-state index < -0.39 is 0 Å². The van der Waals surface area contributed by atoms with Crippen LogP contribution >= 0.6 is 0 Å². The minimum absolute atomic E-state index is 0.535. The van der Waals surface area contributed by atoms with Gasteiger partial charge < -0.3 is 20.1 Å². The molecule has 3 aromatic rings. The Labute approximate surface area is 158 Å². The highest BCUT2D eigenvalue weighted by molar-refractivity contribution is 5.79. The van der Waals surface area contributed by atoms with E-state index in [-0.39, 0.29) is 0 Å². The Morgan fingerprint density at radius 1 is 1.07 bits per heavy atom. The lowest BCUT2D eigenvalue weighted by atomic mass is 10.3. The molecule has 2 N–H and O–H groups in total. The first kappa shape index (κ1) is 18.5. The molecule has 0 atom stereocenters. The molecule has 3 rings (SSSR count). The lowest BCUT2D eigenvalue weighted by molar-refractivity contribution is 0.310. The van der Waals surface area contributed by atoms with Gasteiger partial charge in [0.25, 0.3) is 0 Å². The molecule has 8 heteroatoms. The first-order chi connectivity index (χ1) is 13.3. The van der Waals surface area contributed by atoms with Crippen molar-refractivity contribution in [3.05, 3.63) is 54.5 Å². The third-order valence-electron chi connectivity index (χ3n) is 3.96. The summed E-state index contributed by atoms with van der Waals surface area (Å²) in [6.45, 7) is 1.90. The number of hydrogen-bond donors (Lipinski definition) is 2. The normalized spacial score (nSPS) is 11.4. The standard InChI is InChI=1S/C19H24N6O2/c1-20-19(22-14-18-24-23-17-6-3-4-12-25(17)18)21-11-5-13-27-16-9-7-15(26-2)8-10-16/h3-4,6-10,12H,5,11,13-14H2,1-2H3,(H2,20,21,22). The summed E-state index contributed by atoms with van der Waals surface area (Å²) in [4.78, 5) is 4.22. The zero-order chi connectivity index (χ0) is 18.9. The molecule has 27 heavy (non-hydrogen) atoms. The Kier molecular flexibility index (Phi) is 6.45. The minimum Gasteiger partial charge on any atom is -0.497 e. The van der Waals surface area contributed by atoms with Gasteiger partial charge in [-0.05, 0) is 42.8 Å². The van der Waals surface area contributed by atoms with Crippen LogP contribution in [0.25, 0.3) is 5.65 Å². The van der Waals surface area contributed by atoms with Crippen molar-refractivity contribution in [2.24, 2.45) is 4.99 Å². The smallest absolute Gasteiger partial charge is 0.191 e. The molecular weight excluding hydrogens is 344 g/mol. The summed E-state index contributed by atoms with van der Waals surface area (Å²) in [5.41, 5.74) is 0.827. The van der Waals surface area contributed by atoms with Gasteiger partial charge in [0.1, 0.15) is 11.5 Å². The fraction of sp³-hybridized carbons (Fsp3) is 0.316. The Balaban J connectivity index is 1.37. The number of pyridine rings is 1. The number of benzene rings is 1. The lowest BCUT2D eigenvalue weighted by Crippen LogP contribution is -2.38. The van der Waals surface area contributed by atoms with Gasteiger partial charge in [0, 0.05) is 19.8 Å². The van der Waals surface area contributed by atoms with Gasteiger partial charge in [0.15, 0.2) is 17.4 Å². The fourth-order valence-corrected chi connectivity index (χ4v) is 2.54. The summed E-state index contributed by atoms with van der Waals surface area (Å²) in [5.74, 6) is 3.19. The zero-order valence-corrected chi connectivity index (χ0v) is 15.6. The molecule has 0 fully saturated rings. The van der Waals surface area contributed by atoms with Crippen LogP contribution in [0.3, 0.4) is 0 Å². The van der Waals surface area contributed by atoms with E-state index in [1.807, 2.05) is 53.1 Å². The number of hydrogen-bond acceptors (Lipinski definition) is 5. The first-order valence-electron chi connectivity index (χ1n) is 8.80. The van der Waals surface area contributed by atoms with Crippen molar-refractivity contribution in [2.75, 3.05) is 27.3 Å². The van der Waals surface area contributed by atoms with Gasteiger partial charge in [-0.15, -0.1) is 10.2 Å². The molecule has 2 heterocycles. The van der Waals surface area contributed by atoms with Crippen molar-refractivity contribution in [3.63, 3.8) is 0 Å². The molecule has 0 aliphatic heterocycles. The third-order valence-corrected chi connectivity index (χ3v) is 3.96. The Morgan fingerprint density at radius 3 is 2.67 bits per heavy atom. The van der Waals surface area contributed by atoms with Crippen LogP contribution in [0.1, 0.15) is 12.2 Å². The molecule has 0 spiro atoms.